The number of aryl methyl sites for hydroxylation is 1. The molecule has 0 aliphatic carbocycles. The molecule has 3 aromatic rings. The number of benzene rings is 2. The van der Waals surface area contributed by atoms with Crippen molar-refractivity contribution in [3.8, 4) is 11.8 Å². The average molecular weight is 608 g/mol. The Bertz CT molecular complexity index is 1400. The van der Waals surface area contributed by atoms with Crippen LogP contribution in [0.3, 0.4) is 0 Å². The van der Waals surface area contributed by atoms with Gasteiger partial charge in [0.05, 0.1) is 16.6 Å². The van der Waals surface area contributed by atoms with E-state index in [0.717, 1.165) is 16.0 Å². The maximum atomic E-state index is 12.9. The number of nitrogens with zero attached hydrogens (tertiary/aromatic N) is 1. The molecule has 0 radical (unpaired) electrons. The van der Waals surface area contributed by atoms with Gasteiger partial charge in [-0.3, -0.25) is 4.79 Å². The van der Waals surface area contributed by atoms with Crippen LogP contribution in [-0.4, -0.2) is 18.5 Å². The lowest BCUT2D eigenvalue weighted by Crippen LogP contribution is -2.16. The van der Waals surface area contributed by atoms with Crippen molar-refractivity contribution < 1.29 is 19.1 Å². The molecule has 0 unspecified atom stereocenters. The van der Waals surface area contributed by atoms with Crippen LogP contribution in [0.4, 0.5) is 5.00 Å². The van der Waals surface area contributed by atoms with Gasteiger partial charge in [-0.2, -0.15) is 5.26 Å². The zero-order valence-electron chi connectivity index (χ0n) is 19.6. The molecule has 0 spiro atoms. The van der Waals surface area contributed by atoms with Crippen molar-refractivity contribution in [2.24, 2.45) is 0 Å². The van der Waals surface area contributed by atoms with Gasteiger partial charge in [-0.25, -0.2) is 4.79 Å². The zero-order chi connectivity index (χ0) is 26.4. The number of hydrogen-bond acceptors (Lipinski definition) is 6. The van der Waals surface area contributed by atoms with E-state index < -0.39 is 11.9 Å². The molecular formula is C26H21BrCl2N2O4S. The number of carbonyl (C=O) groups excluding carboxylic acids is 2. The van der Waals surface area contributed by atoms with Crippen molar-refractivity contribution in [3.05, 3.63) is 83.6 Å². The van der Waals surface area contributed by atoms with Gasteiger partial charge in [-0.1, -0.05) is 35.3 Å². The molecule has 186 valence electrons. The highest BCUT2D eigenvalue weighted by molar-refractivity contribution is 9.10. The summed E-state index contributed by atoms with van der Waals surface area (Å²) in [6.07, 6.45) is 1.46. The van der Waals surface area contributed by atoms with E-state index in [2.05, 4.69) is 21.2 Å². The summed E-state index contributed by atoms with van der Waals surface area (Å²) in [6, 6.07) is 12.3. The second-order valence-corrected chi connectivity index (χ2v) is 10.5. The SMILES string of the molecule is CCOC(=O)c1c(NC(=O)/C(C#N)=C/c2ccc(OCc3ccc(Cl)cc3Cl)c(Br)c2)sc(C)c1C. The number of amides is 1. The smallest absolute Gasteiger partial charge is 0.341 e. The molecule has 0 aliphatic rings. The van der Waals surface area contributed by atoms with E-state index in [1.807, 2.05) is 13.0 Å². The van der Waals surface area contributed by atoms with Crippen molar-refractivity contribution in [1.29, 1.82) is 5.26 Å². The van der Waals surface area contributed by atoms with E-state index in [4.69, 9.17) is 32.7 Å². The fourth-order valence-electron chi connectivity index (χ4n) is 3.17. The van der Waals surface area contributed by atoms with Crippen LogP contribution in [0.15, 0.2) is 46.4 Å². The summed E-state index contributed by atoms with van der Waals surface area (Å²) < 4.78 is 11.6. The number of esters is 1. The molecule has 1 aromatic heterocycles. The first-order chi connectivity index (χ1) is 17.1. The number of anilines is 1. The Morgan fingerprint density at radius 3 is 2.58 bits per heavy atom. The molecule has 3 rings (SSSR count). The predicted octanol–water partition coefficient (Wildman–Crippen LogP) is 7.74. The minimum Gasteiger partial charge on any atom is -0.488 e. The van der Waals surface area contributed by atoms with Gasteiger partial charge in [-0.15, -0.1) is 11.3 Å². The third kappa shape index (κ3) is 6.68. The Labute approximate surface area is 231 Å². The summed E-state index contributed by atoms with van der Waals surface area (Å²) in [7, 11) is 0. The third-order valence-electron chi connectivity index (χ3n) is 5.12. The average Bonchev–Trinajstić information content (AvgIpc) is 3.10. The quantitative estimate of drug-likeness (QED) is 0.161. The lowest BCUT2D eigenvalue weighted by atomic mass is 10.1. The maximum Gasteiger partial charge on any atom is 0.341 e. The molecule has 2 aromatic carbocycles. The standard InChI is InChI=1S/C26H21BrCl2N2O4S/c1-4-34-26(33)23-14(2)15(3)36-25(23)31-24(32)18(12-30)9-16-5-8-22(20(27)10-16)35-13-17-6-7-19(28)11-21(17)29/h5-11H,4,13H2,1-3H3,(H,31,32)/b18-9+. The first-order valence-electron chi connectivity index (χ1n) is 10.7. The predicted molar refractivity (Wildman–Crippen MR) is 147 cm³/mol. The number of ether oxygens (including phenoxy) is 2. The van der Waals surface area contributed by atoms with Crippen LogP contribution in [0.25, 0.3) is 6.08 Å². The zero-order valence-corrected chi connectivity index (χ0v) is 23.5. The molecule has 1 N–H and O–H groups in total. The topological polar surface area (TPSA) is 88.4 Å². The van der Waals surface area contributed by atoms with Crippen molar-refractivity contribution in [1.82, 2.24) is 0 Å². The Hall–Kier alpha value is -2.83. The minimum absolute atomic E-state index is 0.123. The second-order valence-electron chi connectivity index (χ2n) is 7.55. The number of rotatable bonds is 8. The minimum atomic E-state index is -0.627. The van der Waals surface area contributed by atoms with Crippen molar-refractivity contribution >= 4 is 73.4 Å². The number of nitriles is 1. The van der Waals surface area contributed by atoms with Crippen LogP contribution in [0.5, 0.6) is 5.75 Å². The van der Waals surface area contributed by atoms with Gasteiger partial charge in [0.1, 0.15) is 29.0 Å². The molecule has 0 fully saturated rings. The van der Waals surface area contributed by atoms with Crippen LogP contribution in [0, 0.1) is 25.2 Å². The summed E-state index contributed by atoms with van der Waals surface area (Å²) in [6.45, 7) is 5.80. The third-order valence-corrected chi connectivity index (χ3v) is 7.45. The summed E-state index contributed by atoms with van der Waals surface area (Å²) >= 11 is 16.8. The van der Waals surface area contributed by atoms with E-state index >= 15 is 0 Å². The highest BCUT2D eigenvalue weighted by Gasteiger charge is 2.23. The van der Waals surface area contributed by atoms with Crippen molar-refractivity contribution in [2.75, 3.05) is 11.9 Å². The molecule has 0 atom stereocenters. The van der Waals surface area contributed by atoms with Gasteiger partial charge >= 0.3 is 5.97 Å². The normalized spacial score (nSPS) is 11.1. The molecule has 0 aliphatic heterocycles. The molecule has 1 amide bonds. The van der Waals surface area contributed by atoms with Crippen LogP contribution >= 0.6 is 50.5 Å². The molecule has 36 heavy (non-hydrogen) atoms. The fraction of sp³-hybridized carbons (Fsp3) is 0.192. The van der Waals surface area contributed by atoms with Gasteiger partial charge in [0, 0.05) is 20.5 Å². The molecule has 0 bridgehead atoms. The number of nitrogens with one attached hydrogen (secondary N) is 1. The number of hydrogen-bond donors (Lipinski definition) is 1. The second kappa shape index (κ2) is 12.4. The largest absolute Gasteiger partial charge is 0.488 e. The summed E-state index contributed by atoms with van der Waals surface area (Å²) in [5, 5.41) is 13.7. The fourth-order valence-corrected chi connectivity index (χ4v) is 5.19. The number of thiophene rings is 1. The number of carbonyl (C=O) groups is 2. The van der Waals surface area contributed by atoms with E-state index in [1.165, 1.54) is 17.4 Å². The van der Waals surface area contributed by atoms with E-state index in [1.54, 1.807) is 50.2 Å². The molecule has 0 saturated heterocycles. The van der Waals surface area contributed by atoms with E-state index in [9.17, 15) is 14.9 Å². The van der Waals surface area contributed by atoms with Gasteiger partial charge in [-0.05, 0) is 78.2 Å². The Morgan fingerprint density at radius 2 is 1.94 bits per heavy atom. The lowest BCUT2D eigenvalue weighted by molar-refractivity contribution is -0.112. The van der Waals surface area contributed by atoms with Gasteiger partial charge in [0.2, 0.25) is 0 Å². The number of halogens is 3. The molecule has 10 heteroatoms. The molecule has 6 nitrogen and oxygen atoms in total. The molecule has 0 saturated carbocycles. The summed E-state index contributed by atoms with van der Waals surface area (Å²) in [4.78, 5) is 26.1. The van der Waals surface area contributed by atoms with Crippen LogP contribution in [-0.2, 0) is 16.1 Å². The van der Waals surface area contributed by atoms with Crippen LogP contribution < -0.4 is 10.1 Å². The monoisotopic (exact) mass is 606 g/mol. The van der Waals surface area contributed by atoms with E-state index in [0.29, 0.717) is 36.4 Å². The Morgan fingerprint density at radius 1 is 1.19 bits per heavy atom. The summed E-state index contributed by atoms with van der Waals surface area (Å²) in [5.74, 6) is -0.584. The Kier molecular flexibility index (Phi) is 9.57. The maximum absolute atomic E-state index is 12.9. The highest BCUT2D eigenvalue weighted by Crippen LogP contribution is 2.34. The lowest BCUT2D eigenvalue weighted by Gasteiger charge is -2.10. The van der Waals surface area contributed by atoms with Crippen LogP contribution in [0.2, 0.25) is 10.0 Å². The van der Waals surface area contributed by atoms with Gasteiger partial charge in [0.15, 0.2) is 0 Å². The Balaban J connectivity index is 1.77. The van der Waals surface area contributed by atoms with Crippen molar-refractivity contribution in [2.45, 2.75) is 27.4 Å². The first-order valence-corrected chi connectivity index (χ1v) is 13.1. The molecule has 1 heterocycles. The van der Waals surface area contributed by atoms with Crippen LogP contribution in [0.1, 0.15) is 38.8 Å². The highest BCUT2D eigenvalue weighted by atomic mass is 79.9. The van der Waals surface area contributed by atoms with Gasteiger partial charge < -0.3 is 14.8 Å². The van der Waals surface area contributed by atoms with E-state index in [-0.39, 0.29) is 18.8 Å². The summed E-state index contributed by atoms with van der Waals surface area (Å²) in [5.41, 5.74) is 2.30. The van der Waals surface area contributed by atoms with Gasteiger partial charge in [0.25, 0.3) is 5.91 Å². The first kappa shape index (κ1) is 27.8. The van der Waals surface area contributed by atoms with Crippen molar-refractivity contribution in [3.63, 3.8) is 0 Å². The molecular weight excluding hydrogens is 587 g/mol.